The molecule has 0 heterocycles. The van der Waals surface area contributed by atoms with Crippen LogP contribution in [-0.4, -0.2) is 47.5 Å². The Morgan fingerprint density at radius 1 is 1.03 bits per heavy atom. The fraction of sp³-hybridized carbons (Fsp3) is 0.452. The minimum absolute atomic E-state index is 0.0761. The Bertz CT molecular complexity index is 1130. The first-order valence-corrected chi connectivity index (χ1v) is 13.2. The Morgan fingerprint density at radius 3 is 2.24 bits per heavy atom. The lowest BCUT2D eigenvalue weighted by Crippen LogP contribution is -2.53. The van der Waals surface area contributed by atoms with Crippen molar-refractivity contribution in [2.24, 2.45) is 0 Å². The molecule has 0 spiro atoms. The first-order valence-electron chi connectivity index (χ1n) is 13.2. The summed E-state index contributed by atoms with van der Waals surface area (Å²) in [6.07, 6.45) is 10.2. The van der Waals surface area contributed by atoms with Crippen molar-refractivity contribution in [1.29, 1.82) is 0 Å². The van der Waals surface area contributed by atoms with E-state index in [2.05, 4.69) is 16.6 Å². The maximum absolute atomic E-state index is 13.9. The number of likely N-dealkylation sites (N-methyl/N-ethyl adjacent to an activating group) is 1. The summed E-state index contributed by atoms with van der Waals surface area (Å²) in [6.45, 7) is 5.29. The van der Waals surface area contributed by atoms with Gasteiger partial charge < -0.3 is 20.3 Å². The molecule has 2 atom stereocenters. The average molecular weight is 518 g/mol. The quantitative estimate of drug-likeness (QED) is 0.495. The van der Waals surface area contributed by atoms with Gasteiger partial charge in [0.15, 0.2) is 0 Å². The molecule has 2 N–H and O–H groups in total. The number of carbonyl (C=O) groups excluding carboxylic acids is 3. The van der Waals surface area contributed by atoms with Crippen LogP contribution in [0.1, 0.15) is 75.6 Å². The minimum atomic E-state index is -0.938. The number of hydrogen-bond acceptors (Lipinski definition) is 4. The van der Waals surface area contributed by atoms with Crippen molar-refractivity contribution in [3.8, 4) is 12.3 Å². The molecule has 0 bridgehead atoms. The predicted octanol–water partition coefficient (Wildman–Crippen LogP) is 4.75. The van der Waals surface area contributed by atoms with E-state index >= 15 is 0 Å². The molecule has 7 heteroatoms. The van der Waals surface area contributed by atoms with Crippen molar-refractivity contribution in [2.75, 3.05) is 7.05 Å². The average Bonchev–Trinajstić information content (AvgIpc) is 2.88. The van der Waals surface area contributed by atoms with Crippen molar-refractivity contribution in [3.63, 3.8) is 0 Å². The van der Waals surface area contributed by atoms with Crippen molar-refractivity contribution in [3.05, 3.63) is 71.3 Å². The molecule has 0 radical (unpaired) electrons. The first kappa shape index (κ1) is 28.8. The number of carbonyl (C=O) groups is 3. The number of hydrogen-bond donors (Lipinski definition) is 2. The lowest BCUT2D eigenvalue weighted by molar-refractivity contribution is -0.141. The molecular formula is C31H39N3O4. The van der Waals surface area contributed by atoms with Gasteiger partial charge in [-0.15, -0.1) is 6.42 Å². The Hall–Kier alpha value is -3.79. The molecule has 1 fully saturated rings. The molecule has 0 aliphatic heterocycles. The second-order valence-corrected chi connectivity index (χ2v) is 10.9. The van der Waals surface area contributed by atoms with Crippen LogP contribution in [0.25, 0.3) is 0 Å². The number of terminal acetylenes is 1. The zero-order valence-electron chi connectivity index (χ0n) is 22.8. The molecule has 3 amide bonds. The summed E-state index contributed by atoms with van der Waals surface area (Å²) in [5.74, 6) is 1.93. The summed E-state index contributed by atoms with van der Waals surface area (Å²) in [5, 5.41) is 5.89. The zero-order chi connectivity index (χ0) is 27.7. The Kier molecular flexibility index (Phi) is 9.95. The van der Waals surface area contributed by atoms with Crippen LogP contribution < -0.4 is 10.6 Å². The zero-order valence-corrected chi connectivity index (χ0v) is 22.8. The van der Waals surface area contributed by atoms with Gasteiger partial charge in [0.05, 0.1) is 0 Å². The number of ether oxygens (including phenoxy) is 1. The minimum Gasteiger partial charge on any atom is -0.444 e. The number of rotatable bonds is 8. The van der Waals surface area contributed by atoms with Gasteiger partial charge in [0.2, 0.25) is 11.8 Å². The Morgan fingerprint density at radius 2 is 1.66 bits per heavy atom. The predicted molar refractivity (Wildman–Crippen MR) is 148 cm³/mol. The van der Waals surface area contributed by atoms with Gasteiger partial charge >= 0.3 is 6.09 Å². The van der Waals surface area contributed by atoms with Crippen molar-refractivity contribution in [1.82, 2.24) is 15.5 Å². The van der Waals surface area contributed by atoms with Gasteiger partial charge in [-0.2, -0.15) is 0 Å². The second kappa shape index (κ2) is 13.1. The van der Waals surface area contributed by atoms with Gasteiger partial charge in [-0.05, 0) is 56.9 Å². The molecule has 1 aliphatic rings. The normalized spacial score (nSPS) is 15.4. The van der Waals surface area contributed by atoms with Crippen molar-refractivity contribution in [2.45, 2.75) is 83.0 Å². The number of amides is 3. The molecule has 0 saturated heterocycles. The van der Waals surface area contributed by atoms with Crippen LogP contribution in [0.3, 0.4) is 0 Å². The molecule has 38 heavy (non-hydrogen) atoms. The number of alkyl carbamates (subject to hydrolysis) is 1. The van der Waals surface area contributed by atoms with Crippen LogP contribution in [0.5, 0.6) is 0 Å². The summed E-state index contributed by atoms with van der Waals surface area (Å²) in [6, 6.07) is 14.7. The third kappa shape index (κ3) is 8.37. The standard InChI is InChI=1S/C31H39N3O4/c1-6-22-17-19-24(20-18-22)27(28(35)32-25-15-11-8-12-16-25)34(5)29(36)26(21-23-13-9-7-10-14-23)33-30(37)38-31(2,3)4/h1,7,9-10,13-14,17-20,25-27H,8,11-12,15-16,21H2,2-5H3,(H,32,35)(H,33,37). The van der Waals surface area contributed by atoms with E-state index in [1.807, 2.05) is 30.3 Å². The SMILES string of the molecule is C#Cc1ccc(C(C(=O)NC2CCCCC2)N(C)C(=O)C(Cc2ccccc2)NC(=O)OC(C)(C)C)cc1. The molecule has 2 aromatic rings. The Labute approximate surface area is 226 Å². The van der Waals surface area contributed by atoms with E-state index in [1.165, 1.54) is 11.3 Å². The molecule has 2 unspecified atom stereocenters. The van der Waals surface area contributed by atoms with Gasteiger partial charge in [0.25, 0.3) is 0 Å². The van der Waals surface area contributed by atoms with Crippen LogP contribution >= 0.6 is 0 Å². The molecule has 3 rings (SSSR count). The molecule has 2 aromatic carbocycles. The monoisotopic (exact) mass is 517 g/mol. The molecule has 7 nitrogen and oxygen atoms in total. The van der Waals surface area contributed by atoms with E-state index in [9.17, 15) is 14.4 Å². The van der Waals surface area contributed by atoms with E-state index in [-0.39, 0.29) is 18.4 Å². The van der Waals surface area contributed by atoms with Crippen LogP contribution in [0, 0.1) is 12.3 Å². The third-order valence-electron chi connectivity index (χ3n) is 6.60. The van der Waals surface area contributed by atoms with E-state index < -0.39 is 29.7 Å². The molecule has 1 aliphatic carbocycles. The van der Waals surface area contributed by atoms with Crippen LogP contribution in [-0.2, 0) is 20.7 Å². The molecule has 202 valence electrons. The Balaban J connectivity index is 1.90. The highest BCUT2D eigenvalue weighted by Crippen LogP contribution is 2.24. The largest absolute Gasteiger partial charge is 0.444 e. The van der Waals surface area contributed by atoms with Crippen LogP contribution in [0.15, 0.2) is 54.6 Å². The smallest absolute Gasteiger partial charge is 0.408 e. The maximum Gasteiger partial charge on any atom is 0.408 e. The van der Waals surface area contributed by atoms with Gasteiger partial charge in [-0.1, -0.05) is 67.6 Å². The van der Waals surface area contributed by atoms with Crippen LogP contribution in [0.2, 0.25) is 0 Å². The van der Waals surface area contributed by atoms with Crippen molar-refractivity contribution >= 4 is 17.9 Å². The summed E-state index contributed by atoms with van der Waals surface area (Å²) >= 11 is 0. The van der Waals surface area contributed by atoms with Gasteiger partial charge in [-0.3, -0.25) is 9.59 Å². The number of benzene rings is 2. The fourth-order valence-corrected chi connectivity index (χ4v) is 4.71. The van der Waals surface area contributed by atoms with E-state index in [4.69, 9.17) is 11.2 Å². The van der Waals surface area contributed by atoms with Gasteiger partial charge in [0, 0.05) is 25.1 Å². The maximum atomic E-state index is 13.9. The summed E-state index contributed by atoms with van der Waals surface area (Å²) in [4.78, 5) is 41.7. The lowest BCUT2D eigenvalue weighted by atomic mass is 9.94. The van der Waals surface area contributed by atoms with Crippen LogP contribution in [0.4, 0.5) is 4.79 Å². The highest BCUT2D eigenvalue weighted by atomic mass is 16.6. The van der Waals surface area contributed by atoms with Gasteiger partial charge in [0.1, 0.15) is 17.7 Å². The first-order chi connectivity index (χ1) is 18.1. The highest BCUT2D eigenvalue weighted by molar-refractivity contribution is 5.92. The van der Waals surface area contributed by atoms with Crippen molar-refractivity contribution < 1.29 is 19.1 Å². The summed E-state index contributed by atoms with van der Waals surface area (Å²) in [5.41, 5.74) is 1.47. The summed E-state index contributed by atoms with van der Waals surface area (Å²) < 4.78 is 5.44. The highest BCUT2D eigenvalue weighted by Gasteiger charge is 2.35. The third-order valence-corrected chi connectivity index (χ3v) is 6.60. The van der Waals surface area contributed by atoms with E-state index in [0.29, 0.717) is 11.1 Å². The molecule has 0 aromatic heterocycles. The topological polar surface area (TPSA) is 87.7 Å². The number of nitrogens with zero attached hydrogens (tertiary/aromatic N) is 1. The lowest BCUT2D eigenvalue weighted by Gasteiger charge is -2.33. The molecular weight excluding hydrogens is 478 g/mol. The molecule has 1 saturated carbocycles. The second-order valence-electron chi connectivity index (χ2n) is 10.9. The fourth-order valence-electron chi connectivity index (χ4n) is 4.71. The van der Waals surface area contributed by atoms with E-state index in [1.54, 1.807) is 52.1 Å². The summed E-state index contributed by atoms with van der Waals surface area (Å²) in [7, 11) is 1.59. The van der Waals surface area contributed by atoms with E-state index in [0.717, 1.165) is 31.2 Å². The number of nitrogens with one attached hydrogen (secondary N) is 2. The van der Waals surface area contributed by atoms with Gasteiger partial charge in [-0.25, -0.2) is 4.79 Å².